The van der Waals surface area contributed by atoms with Gasteiger partial charge in [0, 0.05) is 20.1 Å². The molecule has 152 valence electrons. The highest BCUT2D eigenvalue weighted by atomic mass is 16.5. The molecule has 2 aromatic carbocycles. The van der Waals surface area contributed by atoms with Crippen LogP contribution in [0, 0.1) is 11.3 Å². The van der Waals surface area contributed by atoms with Crippen molar-refractivity contribution in [3.8, 4) is 11.8 Å². The molecule has 29 heavy (non-hydrogen) atoms. The van der Waals surface area contributed by atoms with Gasteiger partial charge in [-0.1, -0.05) is 24.3 Å². The van der Waals surface area contributed by atoms with E-state index in [1.807, 2.05) is 36.4 Å². The fourth-order valence-corrected chi connectivity index (χ4v) is 3.69. The second-order valence-electron chi connectivity index (χ2n) is 7.15. The standard InChI is InChI=1S/C23H29N5O/c1-25-23(26-16-19-7-5-6-18(14-19)15-24)27-17-22(28-12-3-4-13-28)20-8-10-21(29-2)11-9-20/h5-11,14,22H,3-4,12-13,16-17H2,1-2H3,(H2,25,26,27). The molecule has 1 fully saturated rings. The number of guanidine groups is 1. The van der Waals surface area contributed by atoms with Gasteiger partial charge in [-0.25, -0.2) is 0 Å². The first-order valence-corrected chi connectivity index (χ1v) is 10.0. The zero-order valence-electron chi connectivity index (χ0n) is 17.2. The summed E-state index contributed by atoms with van der Waals surface area (Å²) in [5.41, 5.74) is 3.00. The van der Waals surface area contributed by atoms with E-state index in [0.717, 1.165) is 36.9 Å². The molecule has 1 heterocycles. The van der Waals surface area contributed by atoms with E-state index in [0.29, 0.717) is 12.1 Å². The first kappa shape index (κ1) is 20.7. The van der Waals surface area contributed by atoms with Crippen LogP contribution < -0.4 is 15.4 Å². The normalized spacial score (nSPS) is 15.6. The van der Waals surface area contributed by atoms with E-state index in [4.69, 9.17) is 10.00 Å². The predicted octanol–water partition coefficient (Wildman–Crippen LogP) is 3.07. The van der Waals surface area contributed by atoms with Crippen LogP contribution in [-0.2, 0) is 6.54 Å². The van der Waals surface area contributed by atoms with Crippen molar-refractivity contribution in [2.24, 2.45) is 4.99 Å². The van der Waals surface area contributed by atoms with Crippen LogP contribution in [0.25, 0.3) is 0 Å². The van der Waals surface area contributed by atoms with Crippen LogP contribution in [0.15, 0.2) is 53.5 Å². The summed E-state index contributed by atoms with van der Waals surface area (Å²) in [6.45, 7) is 3.62. The van der Waals surface area contributed by atoms with E-state index in [2.05, 4.69) is 38.7 Å². The van der Waals surface area contributed by atoms with Crippen LogP contribution in [0.2, 0.25) is 0 Å². The van der Waals surface area contributed by atoms with Crippen LogP contribution in [0.3, 0.4) is 0 Å². The predicted molar refractivity (Wildman–Crippen MR) is 116 cm³/mol. The Hall–Kier alpha value is -3.04. The SMILES string of the molecule is CN=C(NCc1cccc(C#N)c1)NCC(c1ccc(OC)cc1)N1CCCC1. The Bertz CT molecular complexity index is 850. The molecule has 1 atom stereocenters. The average molecular weight is 392 g/mol. The van der Waals surface area contributed by atoms with E-state index in [1.165, 1.54) is 18.4 Å². The number of rotatable bonds is 7. The second kappa shape index (κ2) is 10.5. The third kappa shape index (κ3) is 5.72. The summed E-state index contributed by atoms with van der Waals surface area (Å²) < 4.78 is 5.30. The number of nitrogens with one attached hydrogen (secondary N) is 2. The molecule has 0 spiro atoms. The number of nitriles is 1. The van der Waals surface area contributed by atoms with Gasteiger partial charge in [-0.05, 0) is 61.3 Å². The molecule has 1 unspecified atom stereocenters. The highest BCUT2D eigenvalue weighted by Gasteiger charge is 2.23. The molecule has 0 amide bonds. The van der Waals surface area contributed by atoms with Crippen molar-refractivity contribution in [3.63, 3.8) is 0 Å². The van der Waals surface area contributed by atoms with Crippen molar-refractivity contribution in [2.45, 2.75) is 25.4 Å². The van der Waals surface area contributed by atoms with Crippen molar-refractivity contribution < 1.29 is 4.74 Å². The smallest absolute Gasteiger partial charge is 0.191 e. The Morgan fingerprint density at radius 3 is 2.59 bits per heavy atom. The Morgan fingerprint density at radius 1 is 1.17 bits per heavy atom. The molecule has 0 radical (unpaired) electrons. The lowest BCUT2D eigenvalue weighted by atomic mass is 10.1. The topological polar surface area (TPSA) is 72.7 Å². The third-order valence-electron chi connectivity index (χ3n) is 5.28. The maximum Gasteiger partial charge on any atom is 0.191 e. The van der Waals surface area contributed by atoms with Crippen molar-refractivity contribution in [3.05, 3.63) is 65.2 Å². The third-order valence-corrected chi connectivity index (χ3v) is 5.28. The summed E-state index contributed by atoms with van der Waals surface area (Å²) in [6.07, 6.45) is 2.49. The van der Waals surface area contributed by atoms with Gasteiger partial charge in [-0.15, -0.1) is 0 Å². The van der Waals surface area contributed by atoms with Crippen molar-refractivity contribution in [1.29, 1.82) is 5.26 Å². The number of nitrogens with zero attached hydrogens (tertiary/aromatic N) is 3. The van der Waals surface area contributed by atoms with E-state index in [1.54, 1.807) is 14.2 Å². The minimum absolute atomic E-state index is 0.281. The monoisotopic (exact) mass is 391 g/mol. The zero-order valence-corrected chi connectivity index (χ0v) is 17.2. The highest BCUT2D eigenvalue weighted by Crippen LogP contribution is 2.26. The van der Waals surface area contributed by atoms with Gasteiger partial charge in [0.2, 0.25) is 0 Å². The lowest BCUT2D eigenvalue weighted by molar-refractivity contribution is 0.245. The van der Waals surface area contributed by atoms with E-state index < -0.39 is 0 Å². The number of hydrogen-bond acceptors (Lipinski definition) is 4. The quantitative estimate of drug-likeness (QED) is 0.561. The van der Waals surface area contributed by atoms with Gasteiger partial charge in [0.15, 0.2) is 5.96 Å². The van der Waals surface area contributed by atoms with Crippen LogP contribution in [0.4, 0.5) is 0 Å². The minimum Gasteiger partial charge on any atom is -0.497 e. The second-order valence-corrected chi connectivity index (χ2v) is 7.15. The van der Waals surface area contributed by atoms with Crippen molar-refractivity contribution in [1.82, 2.24) is 15.5 Å². The summed E-state index contributed by atoms with van der Waals surface area (Å²) >= 11 is 0. The first-order valence-electron chi connectivity index (χ1n) is 10.0. The molecule has 2 N–H and O–H groups in total. The fourth-order valence-electron chi connectivity index (χ4n) is 3.69. The van der Waals surface area contributed by atoms with E-state index in [-0.39, 0.29) is 6.04 Å². The lowest BCUT2D eigenvalue weighted by Crippen LogP contribution is -2.42. The summed E-state index contributed by atoms with van der Waals surface area (Å²) in [7, 11) is 3.47. The number of likely N-dealkylation sites (tertiary alicyclic amines) is 1. The molecule has 0 saturated carbocycles. The Labute approximate surface area is 173 Å². The van der Waals surface area contributed by atoms with Gasteiger partial charge in [0.25, 0.3) is 0 Å². The van der Waals surface area contributed by atoms with Gasteiger partial charge in [-0.3, -0.25) is 9.89 Å². The maximum absolute atomic E-state index is 9.06. The van der Waals surface area contributed by atoms with Gasteiger partial charge < -0.3 is 15.4 Å². The Balaban J connectivity index is 1.62. The Morgan fingerprint density at radius 2 is 1.93 bits per heavy atom. The largest absolute Gasteiger partial charge is 0.497 e. The number of ether oxygens (including phenoxy) is 1. The van der Waals surface area contributed by atoms with Crippen LogP contribution in [0.1, 0.15) is 35.6 Å². The average Bonchev–Trinajstić information content (AvgIpc) is 3.31. The molecule has 3 rings (SSSR count). The van der Waals surface area contributed by atoms with Gasteiger partial charge in [0.05, 0.1) is 24.8 Å². The summed E-state index contributed by atoms with van der Waals surface area (Å²) in [6, 6.07) is 18.4. The molecule has 6 heteroatoms. The zero-order chi connectivity index (χ0) is 20.5. The van der Waals surface area contributed by atoms with Crippen LogP contribution >= 0.6 is 0 Å². The molecule has 0 aromatic heterocycles. The molecule has 1 aliphatic rings. The number of hydrogen-bond donors (Lipinski definition) is 2. The van der Waals surface area contributed by atoms with Crippen LogP contribution in [0.5, 0.6) is 5.75 Å². The van der Waals surface area contributed by atoms with E-state index in [9.17, 15) is 0 Å². The molecule has 6 nitrogen and oxygen atoms in total. The molecule has 0 bridgehead atoms. The fraction of sp³-hybridized carbons (Fsp3) is 0.391. The van der Waals surface area contributed by atoms with E-state index >= 15 is 0 Å². The molecular weight excluding hydrogens is 362 g/mol. The molecule has 0 aliphatic carbocycles. The molecular formula is C23H29N5O. The molecule has 1 aliphatic heterocycles. The van der Waals surface area contributed by atoms with Gasteiger partial charge in [0.1, 0.15) is 5.75 Å². The number of methoxy groups -OCH3 is 1. The number of aliphatic imine (C=N–C) groups is 1. The molecule has 1 saturated heterocycles. The first-order chi connectivity index (χ1) is 14.2. The van der Waals surface area contributed by atoms with Gasteiger partial charge >= 0.3 is 0 Å². The number of benzene rings is 2. The van der Waals surface area contributed by atoms with Gasteiger partial charge in [-0.2, -0.15) is 5.26 Å². The maximum atomic E-state index is 9.06. The lowest BCUT2D eigenvalue weighted by Gasteiger charge is -2.29. The highest BCUT2D eigenvalue weighted by molar-refractivity contribution is 5.79. The van der Waals surface area contributed by atoms with Crippen LogP contribution in [-0.4, -0.2) is 44.7 Å². The minimum atomic E-state index is 0.281. The summed E-state index contributed by atoms with van der Waals surface area (Å²) in [5.74, 6) is 1.63. The van der Waals surface area contributed by atoms with Crippen molar-refractivity contribution in [2.75, 3.05) is 33.8 Å². The molecule has 2 aromatic rings. The van der Waals surface area contributed by atoms with Crippen molar-refractivity contribution >= 4 is 5.96 Å². The Kier molecular flexibility index (Phi) is 7.48. The summed E-state index contributed by atoms with van der Waals surface area (Å²) in [5, 5.41) is 15.9. The summed E-state index contributed by atoms with van der Waals surface area (Å²) in [4.78, 5) is 6.88.